The fraction of sp³-hybridized carbons (Fsp3) is 0.400. The molecular formula is C20H24N2O2. The first-order valence-corrected chi connectivity index (χ1v) is 8.50. The van der Waals surface area contributed by atoms with Gasteiger partial charge in [0.2, 0.25) is 5.78 Å². The number of hydrogen-bond acceptors (Lipinski definition) is 3. The predicted octanol–water partition coefficient (Wildman–Crippen LogP) is 3.86. The van der Waals surface area contributed by atoms with Gasteiger partial charge < -0.3 is 9.88 Å². The average molecular weight is 324 g/mol. The van der Waals surface area contributed by atoms with Crippen molar-refractivity contribution >= 4 is 17.3 Å². The van der Waals surface area contributed by atoms with Gasteiger partial charge in [0.15, 0.2) is 5.78 Å². The summed E-state index contributed by atoms with van der Waals surface area (Å²) in [7, 11) is 0. The molecule has 1 N–H and O–H groups in total. The molecule has 0 radical (unpaired) electrons. The normalized spacial score (nSPS) is 15.1. The number of benzene rings is 1. The van der Waals surface area contributed by atoms with Crippen LogP contribution in [0.15, 0.2) is 24.3 Å². The second-order valence-electron chi connectivity index (χ2n) is 6.65. The van der Waals surface area contributed by atoms with Crippen LogP contribution < -0.4 is 4.90 Å². The highest BCUT2D eigenvalue weighted by Crippen LogP contribution is 2.30. The molecule has 4 nitrogen and oxygen atoms in total. The molecule has 24 heavy (non-hydrogen) atoms. The molecule has 1 aromatic carbocycles. The first kappa shape index (κ1) is 16.5. The molecule has 1 aromatic heterocycles. The molecule has 1 atom stereocenters. The number of carbonyl (C=O) groups is 2. The van der Waals surface area contributed by atoms with Gasteiger partial charge in [-0.25, -0.2) is 0 Å². The number of aryl methyl sites for hydroxylation is 2. The minimum atomic E-state index is -0.261. The summed E-state index contributed by atoms with van der Waals surface area (Å²) in [6.45, 7) is 8.07. The molecule has 1 aliphatic rings. The summed E-state index contributed by atoms with van der Waals surface area (Å²) in [5, 5.41) is 0. The molecule has 0 saturated carbocycles. The predicted molar refractivity (Wildman–Crippen MR) is 96.2 cm³/mol. The molecule has 2 heterocycles. The van der Waals surface area contributed by atoms with Gasteiger partial charge in [-0.1, -0.05) is 18.2 Å². The van der Waals surface area contributed by atoms with Crippen molar-refractivity contribution in [2.24, 2.45) is 0 Å². The van der Waals surface area contributed by atoms with Crippen LogP contribution in [0.4, 0.5) is 5.69 Å². The lowest BCUT2D eigenvalue weighted by Gasteiger charge is -2.35. The first-order valence-electron chi connectivity index (χ1n) is 8.50. The van der Waals surface area contributed by atoms with Gasteiger partial charge in [0, 0.05) is 23.5 Å². The molecule has 126 valence electrons. The number of fused-ring (bicyclic) bond motifs is 1. The highest BCUT2D eigenvalue weighted by Gasteiger charge is 2.29. The SMILES string of the molecule is CC(=O)c1c(C)[nH]c(C(=O)C(C)N2CCCc3ccccc32)c1C. The third-order valence-electron chi connectivity index (χ3n) is 5.03. The van der Waals surface area contributed by atoms with E-state index in [-0.39, 0.29) is 17.6 Å². The van der Waals surface area contributed by atoms with Crippen molar-refractivity contribution in [3.8, 4) is 0 Å². The molecule has 1 unspecified atom stereocenters. The molecule has 0 saturated heterocycles. The smallest absolute Gasteiger partial charge is 0.201 e. The second-order valence-corrected chi connectivity index (χ2v) is 6.65. The number of aromatic amines is 1. The summed E-state index contributed by atoms with van der Waals surface area (Å²) in [5.74, 6) is 0.0380. The van der Waals surface area contributed by atoms with E-state index in [1.807, 2.05) is 32.9 Å². The van der Waals surface area contributed by atoms with Gasteiger partial charge in [0.05, 0.1) is 11.7 Å². The number of aromatic nitrogens is 1. The van der Waals surface area contributed by atoms with Crippen LogP contribution in [0.3, 0.4) is 0 Å². The van der Waals surface area contributed by atoms with E-state index in [0.717, 1.165) is 36.3 Å². The Morgan fingerprint density at radius 2 is 1.92 bits per heavy atom. The minimum Gasteiger partial charge on any atom is -0.361 e. The highest BCUT2D eigenvalue weighted by atomic mass is 16.1. The Balaban J connectivity index is 1.95. The average Bonchev–Trinajstić information content (AvgIpc) is 2.87. The van der Waals surface area contributed by atoms with Crippen LogP contribution in [-0.2, 0) is 6.42 Å². The molecular weight excluding hydrogens is 300 g/mol. The lowest BCUT2D eigenvalue weighted by Crippen LogP contribution is -2.42. The van der Waals surface area contributed by atoms with E-state index in [1.165, 1.54) is 5.56 Å². The van der Waals surface area contributed by atoms with Gasteiger partial charge in [0.25, 0.3) is 0 Å². The summed E-state index contributed by atoms with van der Waals surface area (Å²) in [4.78, 5) is 30.2. The molecule has 2 aromatic rings. The summed E-state index contributed by atoms with van der Waals surface area (Å²) in [6.07, 6.45) is 2.11. The van der Waals surface area contributed by atoms with Crippen molar-refractivity contribution in [2.45, 2.75) is 46.6 Å². The Morgan fingerprint density at radius 1 is 1.21 bits per heavy atom. The number of rotatable bonds is 4. The van der Waals surface area contributed by atoms with Crippen LogP contribution in [0.5, 0.6) is 0 Å². The maximum atomic E-state index is 13.1. The number of ketones is 2. The number of H-pyrrole nitrogens is 1. The standard InChI is InChI=1S/C20H24N2O2/c1-12-18(15(4)23)13(2)21-19(12)20(24)14(3)22-11-7-9-16-8-5-6-10-17(16)22/h5-6,8,10,14,21H,7,9,11H2,1-4H3. The maximum Gasteiger partial charge on any atom is 0.201 e. The first-order chi connectivity index (χ1) is 11.4. The maximum absolute atomic E-state index is 13.1. The summed E-state index contributed by atoms with van der Waals surface area (Å²) in [5.41, 5.74) is 5.19. The Morgan fingerprint density at radius 3 is 2.58 bits per heavy atom. The molecule has 3 rings (SSSR count). The van der Waals surface area contributed by atoms with E-state index < -0.39 is 0 Å². The van der Waals surface area contributed by atoms with E-state index in [1.54, 1.807) is 6.92 Å². The van der Waals surface area contributed by atoms with Crippen LogP contribution in [0.25, 0.3) is 0 Å². The number of para-hydroxylation sites is 1. The largest absolute Gasteiger partial charge is 0.361 e. The van der Waals surface area contributed by atoms with E-state index >= 15 is 0 Å². The van der Waals surface area contributed by atoms with Gasteiger partial charge in [-0.3, -0.25) is 9.59 Å². The topological polar surface area (TPSA) is 53.2 Å². The van der Waals surface area contributed by atoms with Gasteiger partial charge >= 0.3 is 0 Å². The lowest BCUT2D eigenvalue weighted by molar-refractivity contribution is 0.0958. The van der Waals surface area contributed by atoms with Crippen molar-refractivity contribution in [2.75, 3.05) is 11.4 Å². The van der Waals surface area contributed by atoms with Gasteiger partial charge in [-0.05, 0) is 57.7 Å². The van der Waals surface area contributed by atoms with E-state index in [9.17, 15) is 9.59 Å². The van der Waals surface area contributed by atoms with Crippen molar-refractivity contribution in [1.82, 2.24) is 4.98 Å². The van der Waals surface area contributed by atoms with Crippen LogP contribution in [0.1, 0.15) is 57.9 Å². The van der Waals surface area contributed by atoms with Crippen molar-refractivity contribution in [1.29, 1.82) is 0 Å². The highest BCUT2D eigenvalue weighted by molar-refractivity contribution is 6.06. The van der Waals surface area contributed by atoms with E-state index in [2.05, 4.69) is 22.0 Å². The van der Waals surface area contributed by atoms with E-state index in [4.69, 9.17) is 0 Å². The summed E-state index contributed by atoms with van der Waals surface area (Å²) < 4.78 is 0. The molecule has 0 spiro atoms. The van der Waals surface area contributed by atoms with Gasteiger partial charge in [-0.2, -0.15) is 0 Å². The van der Waals surface area contributed by atoms with Crippen LogP contribution in [-0.4, -0.2) is 29.1 Å². The molecule has 0 bridgehead atoms. The molecule has 0 amide bonds. The Labute approximate surface area is 142 Å². The van der Waals surface area contributed by atoms with Crippen LogP contribution >= 0.6 is 0 Å². The zero-order valence-corrected chi connectivity index (χ0v) is 14.8. The van der Waals surface area contributed by atoms with Crippen molar-refractivity contribution < 1.29 is 9.59 Å². The van der Waals surface area contributed by atoms with E-state index in [0.29, 0.717) is 11.3 Å². The van der Waals surface area contributed by atoms with Crippen LogP contribution in [0, 0.1) is 13.8 Å². The fourth-order valence-corrected chi connectivity index (χ4v) is 3.84. The Hall–Kier alpha value is -2.36. The minimum absolute atomic E-state index is 0.00345. The monoisotopic (exact) mass is 324 g/mol. The molecule has 4 heteroatoms. The fourth-order valence-electron chi connectivity index (χ4n) is 3.84. The number of nitrogens with zero attached hydrogens (tertiary/aromatic N) is 1. The molecule has 0 fully saturated rings. The Kier molecular flexibility index (Phi) is 4.31. The van der Waals surface area contributed by atoms with Crippen molar-refractivity contribution in [3.63, 3.8) is 0 Å². The van der Waals surface area contributed by atoms with Crippen LogP contribution in [0.2, 0.25) is 0 Å². The zero-order chi connectivity index (χ0) is 17.4. The lowest BCUT2D eigenvalue weighted by atomic mass is 9.97. The third kappa shape index (κ3) is 2.66. The molecule has 1 aliphatic heterocycles. The van der Waals surface area contributed by atoms with Gasteiger partial charge in [0.1, 0.15) is 0 Å². The summed E-state index contributed by atoms with van der Waals surface area (Å²) >= 11 is 0. The zero-order valence-electron chi connectivity index (χ0n) is 14.8. The number of hydrogen-bond donors (Lipinski definition) is 1. The summed E-state index contributed by atoms with van der Waals surface area (Å²) in [6, 6.07) is 8.03. The second kappa shape index (κ2) is 6.27. The number of carbonyl (C=O) groups excluding carboxylic acids is 2. The molecule has 0 aliphatic carbocycles. The Bertz CT molecular complexity index is 804. The quantitative estimate of drug-likeness (QED) is 0.869. The number of nitrogens with one attached hydrogen (secondary N) is 1. The third-order valence-corrected chi connectivity index (χ3v) is 5.03. The van der Waals surface area contributed by atoms with Gasteiger partial charge in [-0.15, -0.1) is 0 Å². The number of anilines is 1. The number of Topliss-reactive ketones (excluding diaryl/α,β-unsaturated/α-hetero) is 2. The van der Waals surface area contributed by atoms with Crippen molar-refractivity contribution in [3.05, 3.63) is 52.3 Å².